The van der Waals surface area contributed by atoms with E-state index in [2.05, 4.69) is 0 Å². The SMILES string of the molecule is CC1C(OC(C)(C)CO)CCN(Cc2ccc(N)c(C(=N)N)c2)C(=O)N1Cc1cccc(OCc2ccccc2)c1. The average Bonchev–Trinajstić information content (AvgIpc) is 3.06. The van der Waals surface area contributed by atoms with Gasteiger partial charge in [-0.3, -0.25) is 5.41 Å². The average molecular weight is 560 g/mol. The highest BCUT2D eigenvalue weighted by atomic mass is 16.5. The Morgan fingerprint density at radius 3 is 2.44 bits per heavy atom. The van der Waals surface area contributed by atoms with Gasteiger partial charge in [-0.25, -0.2) is 4.79 Å². The van der Waals surface area contributed by atoms with Crippen LogP contribution in [0, 0.1) is 5.41 Å². The van der Waals surface area contributed by atoms with Crippen molar-refractivity contribution in [3.63, 3.8) is 0 Å². The second-order valence-electron chi connectivity index (χ2n) is 11.2. The molecule has 0 spiro atoms. The van der Waals surface area contributed by atoms with E-state index in [1.54, 1.807) is 17.0 Å². The first-order chi connectivity index (χ1) is 19.6. The fourth-order valence-corrected chi connectivity index (χ4v) is 4.97. The quantitative estimate of drug-likeness (QED) is 0.155. The molecule has 0 saturated carbocycles. The lowest BCUT2D eigenvalue weighted by molar-refractivity contribution is -0.117. The fourth-order valence-electron chi connectivity index (χ4n) is 4.97. The number of ether oxygens (including phenoxy) is 2. The van der Waals surface area contributed by atoms with Gasteiger partial charge >= 0.3 is 6.03 Å². The Hall–Kier alpha value is -4.08. The number of aliphatic hydroxyl groups is 1. The number of urea groups is 1. The van der Waals surface area contributed by atoms with Crippen molar-refractivity contribution in [2.24, 2.45) is 5.73 Å². The Kier molecular flexibility index (Phi) is 9.52. The van der Waals surface area contributed by atoms with Crippen molar-refractivity contribution >= 4 is 17.6 Å². The summed E-state index contributed by atoms with van der Waals surface area (Å²) in [6, 6.07) is 22.7. The number of hydrogen-bond acceptors (Lipinski definition) is 6. The minimum Gasteiger partial charge on any atom is -0.489 e. The summed E-state index contributed by atoms with van der Waals surface area (Å²) >= 11 is 0. The third-order valence-corrected chi connectivity index (χ3v) is 7.36. The van der Waals surface area contributed by atoms with Crippen molar-refractivity contribution in [2.45, 2.75) is 64.6 Å². The first kappa shape index (κ1) is 29.9. The molecular formula is C32H41N5O4. The van der Waals surface area contributed by atoms with E-state index in [9.17, 15) is 9.90 Å². The molecule has 6 N–H and O–H groups in total. The van der Waals surface area contributed by atoms with E-state index in [1.807, 2.05) is 86.3 Å². The van der Waals surface area contributed by atoms with Gasteiger partial charge in [-0.05, 0) is 68.1 Å². The number of nitrogen functional groups attached to an aromatic ring is 2. The maximum Gasteiger partial charge on any atom is 0.320 e. The van der Waals surface area contributed by atoms with Gasteiger partial charge in [0.25, 0.3) is 0 Å². The predicted octanol–water partition coefficient (Wildman–Crippen LogP) is 4.50. The van der Waals surface area contributed by atoms with Gasteiger partial charge in [-0.1, -0.05) is 48.5 Å². The topological polar surface area (TPSA) is 138 Å². The molecule has 1 aliphatic rings. The molecule has 0 bridgehead atoms. The molecule has 3 aromatic carbocycles. The van der Waals surface area contributed by atoms with Gasteiger partial charge in [-0.2, -0.15) is 0 Å². The van der Waals surface area contributed by atoms with E-state index in [4.69, 9.17) is 26.4 Å². The lowest BCUT2D eigenvalue weighted by Gasteiger charge is -2.36. The molecule has 2 amide bonds. The third kappa shape index (κ3) is 7.77. The second-order valence-corrected chi connectivity index (χ2v) is 11.2. The van der Waals surface area contributed by atoms with E-state index in [-0.39, 0.29) is 30.6 Å². The number of nitrogens with zero attached hydrogens (tertiary/aromatic N) is 2. The molecule has 2 atom stereocenters. The van der Waals surface area contributed by atoms with Crippen LogP contribution in [0.25, 0.3) is 0 Å². The van der Waals surface area contributed by atoms with Crippen LogP contribution in [-0.2, 0) is 24.4 Å². The molecule has 0 aliphatic carbocycles. The number of nitrogens with two attached hydrogens (primary N) is 2. The Morgan fingerprint density at radius 1 is 1.02 bits per heavy atom. The van der Waals surface area contributed by atoms with E-state index in [0.29, 0.717) is 43.9 Å². The van der Waals surface area contributed by atoms with Gasteiger partial charge in [0.2, 0.25) is 0 Å². The summed E-state index contributed by atoms with van der Waals surface area (Å²) in [7, 11) is 0. The summed E-state index contributed by atoms with van der Waals surface area (Å²) in [6.45, 7) is 7.16. The molecule has 0 radical (unpaired) electrons. The van der Waals surface area contributed by atoms with Gasteiger partial charge in [0.1, 0.15) is 18.2 Å². The van der Waals surface area contributed by atoms with Crippen molar-refractivity contribution in [1.82, 2.24) is 9.80 Å². The number of amidine groups is 1. The standard InChI is InChI=1S/C32H41N5O4/c1-22-29(41-32(2,3)21-38)14-15-36(18-25-12-13-28(33)27(17-25)30(34)35)31(39)37(22)19-24-10-7-11-26(16-24)40-20-23-8-5-4-6-9-23/h4-13,16-17,22,29,38H,14-15,18-21,33H2,1-3H3,(H3,34,35). The predicted molar refractivity (Wildman–Crippen MR) is 161 cm³/mol. The van der Waals surface area contributed by atoms with Crippen LogP contribution < -0.4 is 16.2 Å². The lowest BCUT2D eigenvalue weighted by Crippen LogP contribution is -2.49. The summed E-state index contributed by atoms with van der Waals surface area (Å²) in [4.78, 5) is 17.7. The molecule has 1 heterocycles. The zero-order valence-corrected chi connectivity index (χ0v) is 24.0. The summed E-state index contributed by atoms with van der Waals surface area (Å²) < 4.78 is 12.4. The number of benzene rings is 3. The normalized spacial score (nSPS) is 17.8. The largest absolute Gasteiger partial charge is 0.489 e. The number of carbonyl (C=O) groups excluding carboxylic acids is 1. The van der Waals surface area contributed by atoms with E-state index >= 15 is 0 Å². The van der Waals surface area contributed by atoms with Crippen LogP contribution in [0.4, 0.5) is 10.5 Å². The second kappa shape index (κ2) is 13.1. The summed E-state index contributed by atoms with van der Waals surface area (Å²) in [5.74, 6) is 0.613. The minimum atomic E-state index is -0.749. The number of hydrogen-bond donors (Lipinski definition) is 4. The molecule has 9 nitrogen and oxygen atoms in total. The molecule has 4 rings (SSSR count). The van der Waals surface area contributed by atoms with Crippen molar-refractivity contribution in [3.05, 3.63) is 95.1 Å². The third-order valence-electron chi connectivity index (χ3n) is 7.36. The molecule has 2 unspecified atom stereocenters. The Bertz CT molecular complexity index is 1350. The van der Waals surface area contributed by atoms with E-state index in [1.165, 1.54) is 0 Å². The van der Waals surface area contributed by atoms with Crippen molar-refractivity contribution in [1.29, 1.82) is 5.41 Å². The smallest absolute Gasteiger partial charge is 0.320 e. The molecule has 218 valence electrons. The summed E-state index contributed by atoms with van der Waals surface area (Å²) in [5, 5.41) is 17.7. The van der Waals surface area contributed by atoms with Crippen molar-refractivity contribution < 1.29 is 19.4 Å². The van der Waals surface area contributed by atoms with Crippen molar-refractivity contribution in [2.75, 3.05) is 18.9 Å². The molecule has 0 aromatic heterocycles. The van der Waals surface area contributed by atoms with Crippen LogP contribution in [-0.4, -0.2) is 57.7 Å². The van der Waals surface area contributed by atoms with Crippen LogP contribution >= 0.6 is 0 Å². The Morgan fingerprint density at radius 2 is 1.73 bits per heavy atom. The molecular weight excluding hydrogens is 518 g/mol. The van der Waals surface area contributed by atoms with Crippen LogP contribution in [0.3, 0.4) is 0 Å². The maximum atomic E-state index is 14.1. The highest BCUT2D eigenvalue weighted by molar-refractivity contribution is 6.00. The molecule has 41 heavy (non-hydrogen) atoms. The van der Waals surface area contributed by atoms with Gasteiger partial charge in [-0.15, -0.1) is 0 Å². The van der Waals surface area contributed by atoms with E-state index < -0.39 is 5.60 Å². The monoisotopic (exact) mass is 559 g/mol. The first-order valence-electron chi connectivity index (χ1n) is 13.9. The van der Waals surface area contributed by atoms with Crippen LogP contribution in [0.5, 0.6) is 5.75 Å². The van der Waals surface area contributed by atoms with Crippen LogP contribution in [0.15, 0.2) is 72.8 Å². The first-order valence-corrected chi connectivity index (χ1v) is 13.9. The van der Waals surface area contributed by atoms with Crippen LogP contribution in [0.1, 0.15) is 49.4 Å². The molecule has 1 aliphatic heterocycles. The number of carbonyl (C=O) groups is 1. The Labute approximate surface area is 242 Å². The van der Waals surface area contributed by atoms with Gasteiger partial charge < -0.3 is 35.8 Å². The lowest BCUT2D eigenvalue weighted by atomic mass is 10.0. The van der Waals surface area contributed by atoms with Crippen LogP contribution in [0.2, 0.25) is 0 Å². The number of nitrogens with one attached hydrogen (secondary N) is 1. The number of aliphatic hydroxyl groups excluding tert-OH is 1. The number of anilines is 1. The number of amides is 2. The molecule has 1 saturated heterocycles. The zero-order valence-electron chi connectivity index (χ0n) is 24.0. The minimum absolute atomic E-state index is 0.115. The van der Waals surface area contributed by atoms with Gasteiger partial charge in [0.05, 0.1) is 24.4 Å². The summed E-state index contributed by atoms with van der Waals surface area (Å²) in [5.41, 5.74) is 14.7. The van der Waals surface area contributed by atoms with Gasteiger partial charge in [0, 0.05) is 30.9 Å². The van der Waals surface area contributed by atoms with Gasteiger partial charge in [0.15, 0.2) is 0 Å². The highest BCUT2D eigenvalue weighted by Crippen LogP contribution is 2.28. The maximum absolute atomic E-state index is 14.1. The van der Waals surface area contributed by atoms with E-state index in [0.717, 1.165) is 22.4 Å². The molecule has 1 fully saturated rings. The Balaban J connectivity index is 1.58. The fraction of sp³-hybridized carbons (Fsp3) is 0.375. The number of rotatable bonds is 11. The highest BCUT2D eigenvalue weighted by Gasteiger charge is 2.37. The molecule has 9 heteroatoms. The zero-order chi connectivity index (χ0) is 29.6. The summed E-state index contributed by atoms with van der Waals surface area (Å²) in [6.07, 6.45) is 0.310. The molecule has 3 aromatic rings. The van der Waals surface area contributed by atoms with Crippen molar-refractivity contribution in [3.8, 4) is 5.75 Å².